The van der Waals surface area contributed by atoms with Gasteiger partial charge in [0.2, 0.25) is 5.89 Å². The number of carbonyl (C=O) groups is 1. The smallest absolute Gasteiger partial charge is 0.256 e. The highest BCUT2D eigenvalue weighted by molar-refractivity contribution is 5.95. The zero-order chi connectivity index (χ0) is 17.4. The SMILES string of the molecule is CN(C(=O)c1ccc(-c2nc3ncccc3o2)cc1F)[C@@H]1C[CH]CC1. The molecule has 2 heterocycles. The van der Waals surface area contributed by atoms with Crippen molar-refractivity contribution in [2.24, 2.45) is 0 Å². The molecule has 3 aromatic rings. The lowest BCUT2D eigenvalue weighted by atomic mass is 10.1. The lowest BCUT2D eigenvalue weighted by Crippen LogP contribution is -2.35. The number of rotatable bonds is 3. The highest BCUT2D eigenvalue weighted by atomic mass is 19.1. The van der Waals surface area contributed by atoms with Crippen LogP contribution in [-0.4, -0.2) is 33.9 Å². The number of hydrogen-bond donors (Lipinski definition) is 0. The minimum atomic E-state index is -0.577. The summed E-state index contributed by atoms with van der Waals surface area (Å²) in [5, 5.41) is 0. The maximum absolute atomic E-state index is 14.5. The summed E-state index contributed by atoms with van der Waals surface area (Å²) in [6.45, 7) is 0. The van der Waals surface area contributed by atoms with Crippen molar-refractivity contribution in [3.8, 4) is 11.5 Å². The summed E-state index contributed by atoms with van der Waals surface area (Å²) >= 11 is 0. The number of nitrogens with zero attached hydrogens (tertiary/aromatic N) is 3. The first kappa shape index (κ1) is 15.7. The molecule has 1 amide bonds. The summed E-state index contributed by atoms with van der Waals surface area (Å²) < 4.78 is 20.1. The van der Waals surface area contributed by atoms with E-state index in [1.54, 1.807) is 36.3 Å². The molecule has 4 rings (SSSR count). The summed E-state index contributed by atoms with van der Waals surface area (Å²) in [4.78, 5) is 22.5. The fraction of sp³-hybridized carbons (Fsp3) is 0.263. The molecule has 2 aromatic heterocycles. The van der Waals surface area contributed by atoms with Crippen LogP contribution >= 0.6 is 0 Å². The van der Waals surface area contributed by atoms with Crippen molar-refractivity contribution in [3.05, 3.63) is 54.3 Å². The molecule has 0 bridgehead atoms. The van der Waals surface area contributed by atoms with Gasteiger partial charge in [0, 0.05) is 24.8 Å². The van der Waals surface area contributed by atoms with Crippen LogP contribution in [0, 0.1) is 12.2 Å². The second-order valence-electron chi connectivity index (χ2n) is 6.21. The van der Waals surface area contributed by atoms with Gasteiger partial charge in [0.1, 0.15) is 5.82 Å². The van der Waals surface area contributed by atoms with E-state index in [0.717, 1.165) is 19.3 Å². The number of oxazole rings is 1. The molecular weight excluding hydrogens is 321 g/mol. The van der Waals surface area contributed by atoms with E-state index < -0.39 is 5.82 Å². The fourth-order valence-corrected chi connectivity index (χ4v) is 3.16. The molecule has 1 radical (unpaired) electrons. The minimum absolute atomic E-state index is 0.0624. The van der Waals surface area contributed by atoms with Crippen molar-refractivity contribution in [3.63, 3.8) is 0 Å². The third-order valence-electron chi connectivity index (χ3n) is 4.62. The van der Waals surface area contributed by atoms with Crippen LogP contribution in [0.1, 0.15) is 29.6 Å². The molecule has 0 spiro atoms. The van der Waals surface area contributed by atoms with E-state index >= 15 is 0 Å². The zero-order valence-corrected chi connectivity index (χ0v) is 13.8. The number of pyridine rings is 1. The van der Waals surface area contributed by atoms with Gasteiger partial charge in [-0.1, -0.05) is 0 Å². The Morgan fingerprint density at radius 1 is 1.36 bits per heavy atom. The number of fused-ring (bicyclic) bond motifs is 1. The topological polar surface area (TPSA) is 59.2 Å². The van der Waals surface area contributed by atoms with Crippen molar-refractivity contribution in [1.82, 2.24) is 14.9 Å². The average molecular weight is 338 g/mol. The molecule has 1 atom stereocenters. The van der Waals surface area contributed by atoms with Crippen LogP contribution in [0.4, 0.5) is 4.39 Å². The number of amides is 1. The van der Waals surface area contributed by atoms with Gasteiger partial charge < -0.3 is 9.32 Å². The third kappa shape index (κ3) is 2.88. The predicted octanol–water partition coefficient (Wildman–Crippen LogP) is 3.86. The molecule has 0 saturated heterocycles. The molecule has 1 aliphatic carbocycles. The highest BCUT2D eigenvalue weighted by Gasteiger charge is 2.26. The Bertz CT molecular complexity index is 898. The van der Waals surface area contributed by atoms with E-state index in [4.69, 9.17) is 4.42 Å². The second kappa shape index (κ2) is 6.27. The Morgan fingerprint density at radius 2 is 2.24 bits per heavy atom. The number of carbonyl (C=O) groups excluding carboxylic acids is 1. The van der Waals surface area contributed by atoms with Crippen molar-refractivity contribution in [2.75, 3.05) is 7.05 Å². The Hall–Kier alpha value is -2.76. The van der Waals surface area contributed by atoms with Crippen molar-refractivity contribution >= 4 is 17.1 Å². The average Bonchev–Trinajstić information content (AvgIpc) is 3.29. The summed E-state index contributed by atoms with van der Waals surface area (Å²) in [6.07, 6.45) is 6.56. The van der Waals surface area contributed by atoms with E-state index in [2.05, 4.69) is 16.4 Å². The van der Waals surface area contributed by atoms with Gasteiger partial charge in [0.05, 0.1) is 5.56 Å². The molecule has 0 aliphatic heterocycles. The quantitative estimate of drug-likeness (QED) is 0.728. The molecule has 5 nitrogen and oxygen atoms in total. The maximum atomic E-state index is 14.5. The van der Waals surface area contributed by atoms with Gasteiger partial charge in [-0.25, -0.2) is 9.37 Å². The first-order chi connectivity index (χ1) is 12.1. The summed E-state index contributed by atoms with van der Waals surface area (Å²) in [7, 11) is 1.73. The molecule has 0 N–H and O–H groups in total. The fourth-order valence-electron chi connectivity index (χ4n) is 3.16. The molecule has 1 aliphatic rings. The summed E-state index contributed by atoms with van der Waals surface area (Å²) in [6, 6.07) is 8.07. The van der Waals surface area contributed by atoms with Crippen LogP contribution in [0.5, 0.6) is 0 Å². The van der Waals surface area contributed by atoms with Gasteiger partial charge in [0.15, 0.2) is 11.2 Å². The van der Waals surface area contributed by atoms with Crippen molar-refractivity contribution in [1.29, 1.82) is 0 Å². The van der Waals surface area contributed by atoms with Crippen LogP contribution in [0.25, 0.3) is 22.7 Å². The largest absolute Gasteiger partial charge is 0.434 e. The molecule has 1 saturated carbocycles. The number of benzene rings is 1. The van der Waals surface area contributed by atoms with E-state index in [0.29, 0.717) is 16.8 Å². The number of aromatic nitrogens is 2. The molecule has 6 heteroatoms. The predicted molar refractivity (Wildman–Crippen MR) is 91.2 cm³/mol. The third-order valence-corrected chi connectivity index (χ3v) is 4.62. The summed E-state index contributed by atoms with van der Waals surface area (Å²) in [5.74, 6) is -0.597. The lowest BCUT2D eigenvalue weighted by molar-refractivity contribution is 0.0732. The van der Waals surface area contributed by atoms with Gasteiger partial charge in [0.25, 0.3) is 5.91 Å². The first-order valence-electron chi connectivity index (χ1n) is 8.24. The lowest BCUT2D eigenvalue weighted by Gasteiger charge is -2.24. The zero-order valence-electron chi connectivity index (χ0n) is 13.8. The van der Waals surface area contributed by atoms with Gasteiger partial charge in [-0.2, -0.15) is 4.98 Å². The minimum Gasteiger partial charge on any atom is -0.434 e. The monoisotopic (exact) mass is 338 g/mol. The van der Waals surface area contributed by atoms with Gasteiger partial charge in [-0.3, -0.25) is 4.79 Å². The van der Waals surface area contributed by atoms with Gasteiger partial charge in [-0.05, 0) is 56.0 Å². The van der Waals surface area contributed by atoms with Crippen molar-refractivity contribution in [2.45, 2.75) is 25.3 Å². The van der Waals surface area contributed by atoms with Crippen LogP contribution in [0.3, 0.4) is 0 Å². The number of hydrogen-bond acceptors (Lipinski definition) is 4. The van der Waals surface area contributed by atoms with Crippen LogP contribution in [0.2, 0.25) is 0 Å². The van der Waals surface area contributed by atoms with Crippen LogP contribution in [0.15, 0.2) is 40.9 Å². The normalized spacial score (nSPS) is 15.0. The Labute approximate surface area is 144 Å². The number of halogens is 1. The molecule has 0 unspecified atom stereocenters. The Kier molecular flexibility index (Phi) is 3.95. The first-order valence-corrected chi connectivity index (χ1v) is 8.24. The second-order valence-corrected chi connectivity index (χ2v) is 6.21. The van der Waals surface area contributed by atoms with E-state index in [-0.39, 0.29) is 23.4 Å². The van der Waals surface area contributed by atoms with E-state index in [1.807, 2.05) is 0 Å². The Balaban J connectivity index is 1.63. The Morgan fingerprint density at radius 3 is 2.96 bits per heavy atom. The highest BCUT2D eigenvalue weighted by Crippen LogP contribution is 2.27. The standard InChI is InChI=1S/C19H17FN3O2/c1-23(13-5-2-3-6-13)19(24)14-9-8-12(11-15(14)20)18-22-17-16(25-18)7-4-10-21-17/h2,4,7-11,13H,3,5-6H2,1H3/t13-/m1/s1. The molecule has 1 fully saturated rings. The van der Waals surface area contributed by atoms with Gasteiger partial charge in [-0.15, -0.1) is 0 Å². The van der Waals surface area contributed by atoms with Gasteiger partial charge >= 0.3 is 0 Å². The van der Waals surface area contributed by atoms with E-state index in [9.17, 15) is 9.18 Å². The maximum Gasteiger partial charge on any atom is 0.256 e. The molecule has 127 valence electrons. The van der Waals surface area contributed by atoms with Crippen molar-refractivity contribution < 1.29 is 13.6 Å². The summed E-state index contributed by atoms with van der Waals surface area (Å²) in [5.41, 5.74) is 1.54. The molecule has 25 heavy (non-hydrogen) atoms. The molecule has 1 aromatic carbocycles. The van der Waals surface area contributed by atoms with Crippen LogP contribution < -0.4 is 0 Å². The van der Waals surface area contributed by atoms with Crippen LogP contribution in [-0.2, 0) is 0 Å². The van der Waals surface area contributed by atoms with E-state index in [1.165, 1.54) is 12.1 Å². The molecular formula is C19H17FN3O2.